The number of nitrogens with one attached hydrogen (secondary N) is 1. The van der Waals surface area contributed by atoms with Gasteiger partial charge in [0.1, 0.15) is 5.69 Å². The van der Waals surface area contributed by atoms with Crippen LogP contribution in [0.5, 0.6) is 0 Å². The molecule has 1 saturated heterocycles. The van der Waals surface area contributed by atoms with E-state index in [0.29, 0.717) is 46.5 Å². The number of halogens is 2. The molecule has 2 heterocycles. The Hall–Kier alpha value is -2.23. The van der Waals surface area contributed by atoms with Crippen molar-refractivity contribution in [2.45, 2.75) is 25.8 Å². The summed E-state index contributed by atoms with van der Waals surface area (Å²) >= 11 is 12.7. The van der Waals surface area contributed by atoms with Crippen LogP contribution in [0.25, 0.3) is 16.9 Å². The van der Waals surface area contributed by atoms with Gasteiger partial charge in [-0.2, -0.15) is 20.8 Å². The van der Waals surface area contributed by atoms with Crippen molar-refractivity contribution in [1.29, 1.82) is 0 Å². The predicted octanol–water partition coefficient (Wildman–Crippen LogP) is 5.63. The monoisotopic (exact) mass is 519 g/mol. The van der Waals surface area contributed by atoms with Crippen LogP contribution in [-0.4, -0.2) is 60.4 Å². The summed E-state index contributed by atoms with van der Waals surface area (Å²) in [5.41, 5.74) is 4.38. The first kappa shape index (κ1) is 23.5. The summed E-state index contributed by atoms with van der Waals surface area (Å²) in [6.07, 6.45) is 2.18. The van der Waals surface area contributed by atoms with E-state index in [1.807, 2.05) is 65.1 Å². The maximum Gasteiger partial charge on any atom is 0.174 e. The van der Waals surface area contributed by atoms with Crippen LogP contribution in [0.4, 0.5) is 0 Å². The number of rotatable bonds is 5. The summed E-state index contributed by atoms with van der Waals surface area (Å²) in [7, 11) is -2.49. The maximum absolute atomic E-state index is 9.99. The topological polar surface area (TPSA) is 85.9 Å². The molecule has 3 aromatic rings. The minimum atomic E-state index is -2.49. The third-order valence-electron chi connectivity index (χ3n) is 6.06. The molecule has 0 spiro atoms. The lowest BCUT2D eigenvalue weighted by atomic mass is 10.1. The zero-order valence-corrected chi connectivity index (χ0v) is 21.1. The van der Waals surface area contributed by atoms with Gasteiger partial charge in [0.2, 0.25) is 0 Å². The molecule has 34 heavy (non-hydrogen) atoms. The molecule has 0 amide bonds. The van der Waals surface area contributed by atoms with E-state index < -0.39 is 10.6 Å². The molecular formula is C24H27Cl2N5O2S. The second-order valence-corrected chi connectivity index (χ2v) is 12.0. The van der Waals surface area contributed by atoms with Crippen molar-refractivity contribution in [3.8, 4) is 16.9 Å². The van der Waals surface area contributed by atoms with Crippen LogP contribution in [0.2, 0.25) is 10.0 Å². The average molecular weight is 520 g/mol. The third-order valence-corrected chi connectivity index (χ3v) is 8.30. The van der Waals surface area contributed by atoms with Gasteiger partial charge in [-0.05, 0) is 44.0 Å². The van der Waals surface area contributed by atoms with Gasteiger partial charge in [0, 0.05) is 22.2 Å². The van der Waals surface area contributed by atoms with E-state index in [1.165, 1.54) is 0 Å². The normalized spacial score (nSPS) is 19.2. The van der Waals surface area contributed by atoms with Crippen LogP contribution < -0.4 is 5.32 Å². The molecule has 0 radical (unpaired) electrons. The van der Waals surface area contributed by atoms with Gasteiger partial charge in [0.25, 0.3) is 0 Å². The Morgan fingerprint density at radius 1 is 1.06 bits per heavy atom. The van der Waals surface area contributed by atoms with E-state index in [-0.39, 0.29) is 0 Å². The molecule has 1 aliphatic heterocycles. The minimum absolute atomic E-state index is 0.330. The zero-order valence-electron chi connectivity index (χ0n) is 18.8. The van der Waals surface area contributed by atoms with E-state index in [2.05, 4.69) is 5.32 Å². The molecule has 2 aromatic carbocycles. The summed E-state index contributed by atoms with van der Waals surface area (Å²) < 4.78 is 21.8. The van der Waals surface area contributed by atoms with Crippen molar-refractivity contribution in [3.05, 3.63) is 69.8 Å². The second kappa shape index (κ2) is 9.43. The molecule has 0 atom stereocenters. The fourth-order valence-corrected chi connectivity index (χ4v) is 5.54. The molecule has 1 aromatic heterocycles. The number of aromatic nitrogens is 2. The maximum atomic E-state index is 9.99. The van der Waals surface area contributed by atoms with Crippen LogP contribution >= 0.6 is 33.8 Å². The van der Waals surface area contributed by atoms with Gasteiger partial charge in [-0.15, -0.1) is 0 Å². The van der Waals surface area contributed by atoms with Crippen LogP contribution in [0.3, 0.4) is 0 Å². The molecule has 2 fully saturated rings. The van der Waals surface area contributed by atoms with Gasteiger partial charge in [0.15, 0.2) is 5.84 Å². The third kappa shape index (κ3) is 5.06. The van der Waals surface area contributed by atoms with Crippen LogP contribution in [0, 0.1) is 6.92 Å². The van der Waals surface area contributed by atoms with Crippen LogP contribution in [-0.2, 0) is 0 Å². The molecular weight excluding hydrogens is 493 g/mol. The van der Waals surface area contributed by atoms with Gasteiger partial charge in [0.05, 0.1) is 41.0 Å². The molecule has 0 bridgehead atoms. The summed E-state index contributed by atoms with van der Waals surface area (Å²) in [6.45, 7) is 3.02. The van der Waals surface area contributed by atoms with Gasteiger partial charge in [-0.3, -0.25) is 14.1 Å². The first-order valence-corrected chi connectivity index (χ1v) is 13.9. The zero-order chi connectivity index (χ0) is 23.9. The Kier molecular flexibility index (Phi) is 6.52. The van der Waals surface area contributed by atoms with Gasteiger partial charge >= 0.3 is 0 Å². The predicted molar refractivity (Wildman–Crippen MR) is 141 cm³/mol. The summed E-state index contributed by atoms with van der Waals surface area (Å²) in [4.78, 5) is 0. The first-order valence-electron chi connectivity index (χ1n) is 11.3. The van der Waals surface area contributed by atoms with Gasteiger partial charge < -0.3 is 5.32 Å². The lowest BCUT2D eigenvalue weighted by Crippen LogP contribution is -2.38. The Labute approximate surface area is 210 Å². The SMILES string of the molecule is Cc1c(C(=NN2CCS(O)(O)CC2)NC2CC2)nn(-c2ccccc2Cl)c1-c1ccc(Cl)cc1. The molecule has 0 unspecified atom stereocenters. The Bertz CT molecular complexity index is 1210. The van der Waals surface area contributed by atoms with Crippen LogP contribution in [0.1, 0.15) is 24.1 Å². The largest absolute Gasteiger partial charge is 0.364 e. The lowest BCUT2D eigenvalue weighted by Gasteiger charge is -2.39. The standard InChI is InChI=1S/C24H27Cl2N5O2S/c1-16-22(24(27-19-10-11-19)29-30-12-14-34(32,33)15-13-30)28-31(21-5-3-2-4-20(21)26)23(16)17-6-8-18(25)9-7-17/h2-9,19,32-33H,10-15H2,1H3,(H,27,29). The van der Waals surface area contributed by atoms with E-state index in [0.717, 1.165) is 41.0 Å². The highest BCUT2D eigenvalue weighted by Crippen LogP contribution is 2.40. The lowest BCUT2D eigenvalue weighted by molar-refractivity contribution is 0.298. The summed E-state index contributed by atoms with van der Waals surface area (Å²) in [6, 6.07) is 15.7. The Balaban J connectivity index is 1.62. The smallest absolute Gasteiger partial charge is 0.174 e. The highest BCUT2D eigenvalue weighted by molar-refractivity contribution is 8.24. The van der Waals surface area contributed by atoms with Crippen LogP contribution in [0.15, 0.2) is 53.6 Å². The molecule has 1 aliphatic carbocycles. The fourth-order valence-electron chi connectivity index (χ4n) is 3.99. The highest BCUT2D eigenvalue weighted by Gasteiger charge is 2.29. The molecule has 7 nitrogen and oxygen atoms in total. The van der Waals surface area contributed by atoms with E-state index in [9.17, 15) is 9.11 Å². The molecule has 2 aliphatic rings. The number of hydrogen-bond acceptors (Lipinski definition) is 5. The number of para-hydroxylation sites is 1. The highest BCUT2D eigenvalue weighted by atomic mass is 35.5. The molecule has 3 N–H and O–H groups in total. The Morgan fingerprint density at radius 2 is 1.74 bits per heavy atom. The summed E-state index contributed by atoms with van der Waals surface area (Å²) in [5.74, 6) is 1.35. The quantitative estimate of drug-likeness (QED) is 0.300. The number of nitrogens with zero attached hydrogens (tertiary/aromatic N) is 4. The van der Waals surface area contributed by atoms with Gasteiger partial charge in [-0.25, -0.2) is 4.68 Å². The van der Waals surface area contributed by atoms with Crippen molar-refractivity contribution in [2.24, 2.45) is 5.10 Å². The van der Waals surface area contributed by atoms with E-state index in [1.54, 1.807) is 0 Å². The van der Waals surface area contributed by atoms with Crippen molar-refractivity contribution >= 4 is 39.6 Å². The molecule has 1 saturated carbocycles. The molecule has 180 valence electrons. The Morgan fingerprint density at radius 3 is 2.38 bits per heavy atom. The second-order valence-electron chi connectivity index (χ2n) is 8.72. The first-order chi connectivity index (χ1) is 16.3. The van der Waals surface area contributed by atoms with E-state index >= 15 is 0 Å². The number of hydrogen-bond donors (Lipinski definition) is 3. The minimum Gasteiger partial charge on any atom is -0.364 e. The van der Waals surface area contributed by atoms with Crippen molar-refractivity contribution in [2.75, 3.05) is 24.6 Å². The average Bonchev–Trinajstić information content (AvgIpc) is 3.56. The van der Waals surface area contributed by atoms with Crippen molar-refractivity contribution in [1.82, 2.24) is 20.1 Å². The summed E-state index contributed by atoms with van der Waals surface area (Å²) in [5, 5.41) is 16.6. The number of amidine groups is 1. The van der Waals surface area contributed by atoms with Crippen molar-refractivity contribution in [3.63, 3.8) is 0 Å². The van der Waals surface area contributed by atoms with E-state index in [4.69, 9.17) is 33.4 Å². The molecule has 5 rings (SSSR count). The number of benzene rings is 2. The number of hydrazone groups is 1. The van der Waals surface area contributed by atoms with Gasteiger partial charge in [-0.1, -0.05) is 47.5 Å². The van der Waals surface area contributed by atoms with Crippen molar-refractivity contribution < 1.29 is 9.11 Å². The molecule has 10 heteroatoms. The fraction of sp³-hybridized carbons (Fsp3) is 0.333.